The maximum absolute atomic E-state index is 9.51. The van der Waals surface area contributed by atoms with Crippen molar-refractivity contribution in [1.29, 1.82) is 0 Å². The third-order valence-electron chi connectivity index (χ3n) is 2.85. The van der Waals surface area contributed by atoms with Crippen molar-refractivity contribution >= 4 is 11.8 Å². The van der Waals surface area contributed by atoms with Crippen LogP contribution < -0.4 is 4.74 Å². The lowest BCUT2D eigenvalue weighted by molar-refractivity contribution is 0.131. The summed E-state index contributed by atoms with van der Waals surface area (Å²) in [6.07, 6.45) is -0.419. The summed E-state index contributed by atoms with van der Waals surface area (Å²) in [4.78, 5) is 2.32. The maximum atomic E-state index is 9.51. The van der Waals surface area contributed by atoms with E-state index in [1.165, 1.54) is 4.90 Å². The van der Waals surface area contributed by atoms with Crippen molar-refractivity contribution in [3.8, 4) is 5.75 Å². The number of ether oxygens (including phenoxy) is 1. The van der Waals surface area contributed by atoms with Gasteiger partial charge in [-0.2, -0.15) is 0 Å². The van der Waals surface area contributed by atoms with Crippen molar-refractivity contribution in [3.05, 3.63) is 54.1 Å². The molecule has 0 fully saturated rings. The van der Waals surface area contributed by atoms with Gasteiger partial charge >= 0.3 is 0 Å². The molecule has 0 spiro atoms. The molecule has 1 N–H and O–H groups in total. The van der Waals surface area contributed by atoms with Crippen LogP contribution in [0.3, 0.4) is 0 Å². The Hall–Kier alpha value is -1.45. The van der Waals surface area contributed by atoms with Crippen LogP contribution in [0.4, 0.5) is 0 Å². The Morgan fingerprint density at radius 2 is 1.38 bits per heavy atom. The first-order chi connectivity index (χ1) is 9.83. The molecule has 1 atom stereocenters. The largest absolute Gasteiger partial charge is 0.488 e. The van der Waals surface area contributed by atoms with Crippen molar-refractivity contribution in [2.45, 2.75) is 49.2 Å². The summed E-state index contributed by atoms with van der Waals surface area (Å²) in [5.74, 6) is 0.885. The van der Waals surface area contributed by atoms with Crippen LogP contribution in [-0.2, 0) is 0 Å². The van der Waals surface area contributed by atoms with Gasteiger partial charge in [0.1, 0.15) is 11.4 Å². The summed E-state index contributed by atoms with van der Waals surface area (Å²) < 4.78 is 5.81. The van der Waals surface area contributed by atoms with Crippen LogP contribution in [0.5, 0.6) is 5.75 Å². The first kappa shape index (κ1) is 15.9. The van der Waals surface area contributed by atoms with E-state index >= 15 is 0 Å². The normalized spacial score (nSPS) is 13.0. The van der Waals surface area contributed by atoms with E-state index in [-0.39, 0.29) is 5.60 Å². The number of aliphatic hydroxyl groups excluding tert-OH is 1. The van der Waals surface area contributed by atoms with Gasteiger partial charge in [-0.1, -0.05) is 23.9 Å². The molecule has 0 saturated heterocycles. The first-order valence-corrected chi connectivity index (χ1v) is 7.90. The highest BCUT2D eigenvalue weighted by Crippen LogP contribution is 2.30. The molecule has 0 amide bonds. The van der Waals surface area contributed by atoms with Crippen LogP contribution in [0.15, 0.2) is 58.3 Å². The molecule has 0 aliphatic heterocycles. The van der Waals surface area contributed by atoms with E-state index in [9.17, 15) is 5.11 Å². The van der Waals surface area contributed by atoms with Gasteiger partial charge in [-0.3, -0.25) is 0 Å². The Balaban J connectivity index is 2.03. The van der Waals surface area contributed by atoms with Gasteiger partial charge in [-0.05, 0) is 69.7 Å². The molecule has 2 rings (SSSR count). The molecule has 0 saturated carbocycles. The molecule has 0 aliphatic rings. The topological polar surface area (TPSA) is 29.5 Å². The summed E-state index contributed by atoms with van der Waals surface area (Å²) in [6.45, 7) is 7.90. The van der Waals surface area contributed by atoms with Gasteiger partial charge in [0.15, 0.2) is 0 Å². The highest BCUT2D eigenvalue weighted by atomic mass is 32.2. The minimum atomic E-state index is -0.419. The third kappa shape index (κ3) is 5.10. The number of hydrogen-bond donors (Lipinski definition) is 1. The molecular formula is C18H22O2S. The fraction of sp³-hybridized carbons (Fsp3) is 0.333. The Bertz CT molecular complexity index is 566. The smallest absolute Gasteiger partial charge is 0.120 e. The minimum absolute atomic E-state index is 0.175. The van der Waals surface area contributed by atoms with Crippen LogP contribution in [0.1, 0.15) is 39.4 Å². The van der Waals surface area contributed by atoms with Crippen molar-refractivity contribution < 1.29 is 9.84 Å². The van der Waals surface area contributed by atoms with E-state index in [0.29, 0.717) is 0 Å². The zero-order chi connectivity index (χ0) is 15.5. The summed E-state index contributed by atoms with van der Waals surface area (Å²) in [5, 5.41) is 9.51. The van der Waals surface area contributed by atoms with E-state index in [4.69, 9.17) is 4.74 Å². The minimum Gasteiger partial charge on any atom is -0.488 e. The predicted molar refractivity (Wildman–Crippen MR) is 88.0 cm³/mol. The predicted octanol–water partition coefficient (Wildman–Crippen LogP) is 5.07. The Morgan fingerprint density at radius 1 is 0.905 bits per heavy atom. The lowest BCUT2D eigenvalue weighted by Gasteiger charge is -2.21. The summed E-state index contributed by atoms with van der Waals surface area (Å²) in [7, 11) is 0. The second-order valence-corrected chi connectivity index (χ2v) is 7.18. The average molecular weight is 302 g/mol. The van der Waals surface area contributed by atoms with Gasteiger partial charge in [0, 0.05) is 9.79 Å². The SMILES string of the molecule is CC(O)c1ccc(Sc2ccc(OC(C)(C)C)cc2)cc1. The molecule has 2 aromatic rings. The van der Waals surface area contributed by atoms with E-state index in [1.54, 1.807) is 18.7 Å². The van der Waals surface area contributed by atoms with E-state index in [2.05, 4.69) is 12.1 Å². The van der Waals surface area contributed by atoms with Crippen LogP contribution in [0.25, 0.3) is 0 Å². The molecule has 0 bridgehead atoms. The standard InChI is InChI=1S/C18H22O2S/c1-13(19)14-5-9-16(10-6-14)21-17-11-7-15(8-12-17)20-18(2,3)4/h5-13,19H,1-4H3. The van der Waals surface area contributed by atoms with E-state index in [0.717, 1.165) is 16.2 Å². The van der Waals surface area contributed by atoms with E-state index < -0.39 is 6.10 Å². The number of aliphatic hydroxyl groups is 1. The number of hydrogen-bond acceptors (Lipinski definition) is 3. The molecule has 1 unspecified atom stereocenters. The monoisotopic (exact) mass is 302 g/mol. The Kier molecular flexibility index (Phi) is 4.96. The average Bonchev–Trinajstić information content (AvgIpc) is 2.40. The molecule has 112 valence electrons. The van der Waals surface area contributed by atoms with Crippen molar-refractivity contribution in [2.75, 3.05) is 0 Å². The maximum Gasteiger partial charge on any atom is 0.120 e. The highest BCUT2D eigenvalue weighted by molar-refractivity contribution is 7.99. The van der Waals surface area contributed by atoms with Crippen molar-refractivity contribution in [1.82, 2.24) is 0 Å². The van der Waals surface area contributed by atoms with Gasteiger partial charge in [0.05, 0.1) is 6.10 Å². The van der Waals surface area contributed by atoms with Crippen LogP contribution in [0.2, 0.25) is 0 Å². The molecule has 3 heteroatoms. The molecule has 0 radical (unpaired) electrons. The fourth-order valence-electron chi connectivity index (χ4n) is 1.88. The van der Waals surface area contributed by atoms with Gasteiger partial charge in [-0.15, -0.1) is 0 Å². The summed E-state index contributed by atoms with van der Waals surface area (Å²) >= 11 is 1.70. The van der Waals surface area contributed by atoms with Crippen molar-refractivity contribution in [3.63, 3.8) is 0 Å². The lowest BCUT2D eigenvalue weighted by Crippen LogP contribution is -2.22. The zero-order valence-corrected chi connectivity index (χ0v) is 13.8. The highest BCUT2D eigenvalue weighted by Gasteiger charge is 2.11. The summed E-state index contributed by atoms with van der Waals surface area (Å²) in [5.41, 5.74) is 0.763. The second-order valence-electron chi connectivity index (χ2n) is 6.03. The molecule has 2 aromatic carbocycles. The summed E-state index contributed by atoms with van der Waals surface area (Å²) in [6, 6.07) is 16.1. The van der Waals surface area contributed by atoms with Crippen LogP contribution in [-0.4, -0.2) is 10.7 Å². The Morgan fingerprint density at radius 3 is 1.81 bits per heavy atom. The quantitative estimate of drug-likeness (QED) is 0.855. The van der Waals surface area contributed by atoms with Crippen LogP contribution >= 0.6 is 11.8 Å². The fourth-order valence-corrected chi connectivity index (χ4v) is 2.70. The first-order valence-electron chi connectivity index (χ1n) is 7.08. The van der Waals surface area contributed by atoms with Crippen molar-refractivity contribution in [2.24, 2.45) is 0 Å². The van der Waals surface area contributed by atoms with E-state index in [1.807, 2.05) is 57.2 Å². The van der Waals surface area contributed by atoms with Gasteiger partial charge < -0.3 is 9.84 Å². The molecule has 2 nitrogen and oxygen atoms in total. The lowest BCUT2D eigenvalue weighted by atomic mass is 10.1. The number of benzene rings is 2. The second kappa shape index (κ2) is 6.54. The molecule has 0 heterocycles. The van der Waals surface area contributed by atoms with Gasteiger partial charge in [0.25, 0.3) is 0 Å². The van der Waals surface area contributed by atoms with Crippen LogP contribution in [0, 0.1) is 0 Å². The molecule has 0 aromatic heterocycles. The molecular weight excluding hydrogens is 280 g/mol. The van der Waals surface area contributed by atoms with Gasteiger partial charge in [-0.25, -0.2) is 0 Å². The molecule has 21 heavy (non-hydrogen) atoms. The van der Waals surface area contributed by atoms with Gasteiger partial charge in [0.2, 0.25) is 0 Å². The Labute approximate surface area is 131 Å². The zero-order valence-electron chi connectivity index (χ0n) is 13.0. The number of rotatable bonds is 4. The molecule has 0 aliphatic carbocycles. The third-order valence-corrected chi connectivity index (χ3v) is 3.86.